The number of carbonyl (C=O) groups is 1. The Kier molecular flexibility index (Phi) is 6.55. The molecule has 3 nitrogen and oxygen atoms in total. The number of ether oxygens (including phenoxy) is 2. The molecule has 3 rings (SSSR count). The van der Waals surface area contributed by atoms with Crippen molar-refractivity contribution in [3.8, 4) is 33.8 Å². The fourth-order valence-electron chi connectivity index (χ4n) is 2.54. The molecule has 0 saturated carbocycles. The second-order valence-corrected chi connectivity index (χ2v) is 5.43. The van der Waals surface area contributed by atoms with E-state index in [0.717, 1.165) is 28.0 Å². The van der Waals surface area contributed by atoms with E-state index >= 15 is 0 Å². The Morgan fingerprint density at radius 3 is 1.64 bits per heavy atom. The van der Waals surface area contributed by atoms with Crippen LogP contribution in [-0.2, 0) is 25.9 Å². The van der Waals surface area contributed by atoms with E-state index in [4.69, 9.17) is 9.47 Å². The number of rotatable bonds is 4. The van der Waals surface area contributed by atoms with Crippen LogP contribution < -0.4 is 9.47 Å². The minimum atomic E-state index is -0.316. The maximum absolute atomic E-state index is 11.0. The van der Waals surface area contributed by atoms with E-state index in [-0.39, 0.29) is 27.0 Å². The van der Waals surface area contributed by atoms with Crippen molar-refractivity contribution in [2.24, 2.45) is 0 Å². The molecule has 0 fully saturated rings. The Balaban J connectivity index is 0.00000225. The fraction of sp³-hybridized carbons (Fsp3) is 0.0952. The molecule has 3 aromatic rings. The summed E-state index contributed by atoms with van der Waals surface area (Å²) < 4.78 is 10.3. The molecule has 25 heavy (non-hydrogen) atoms. The number of benzene rings is 3. The standard InChI is InChI=1S/C21H18O3.W/c1-15(22)24-21-12-8-17(9-13-21)19-5-3-4-18(14-19)16-6-10-20(23-2)11-7-16;/h3-14H,1-2H3;. The van der Waals surface area contributed by atoms with Gasteiger partial charge < -0.3 is 9.47 Å². The summed E-state index contributed by atoms with van der Waals surface area (Å²) in [4.78, 5) is 11.0. The third-order valence-electron chi connectivity index (χ3n) is 3.74. The summed E-state index contributed by atoms with van der Waals surface area (Å²) in [6.07, 6.45) is 0. The Morgan fingerprint density at radius 1 is 0.720 bits per heavy atom. The Labute approximate surface area is 161 Å². The Hall–Kier alpha value is -2.38. The maximum Gasteiger partial charge on any atom is 0.308 e. The predicted octanol–water partition coefficient (Wildman–Crippen LogP) is 4.95. The average Bonchev–Trinajstić information content (AvgIpc) is 2.62. The molecular weight excluding hydrogens is 484 g/mol. The molecule has 0 aliphatic rings. The number of hydrogen-bond donors (Lipinski definition) is 0. The summed E-state index contributed by atoms with van der Waals surface area (Å²) in [5, 5.41) is 0. The van der Waals surface area contributed by atoms with Crippen LogP contribution in [0.15, 0.2) is 72.8 Å². The van der Waals surface area contributed by atoms with E-state index in [1.807, 2.05) is 42.5 Å². The molecule has 4 heteroatoms. The number of carbonyl (C=O) groups excluding carboxylic acids is 1. The van der Waals surface area contributed by atoms with Gasteiger partial charge in [0.05, 0.1) is 7.11 Å². The maximum atomic E-state index is 11.0. The van der Waals surface area contributed by atoms with E-state index < -0.39 is 0 Å². The van der Waals surface area contributed by atoms with Gasteiger partial charge in [0.1, 0.15) is 11.5 Å². The zero-order chi connectivity index (χ0) is 16.9. The second-order valence-electron chi connectivity index (χ2n) is 5.43. The summed E-state index contributed by atoms with van der Waals surface area (Å²) in [5.74, 6) is 1.08. The molecule has 126 valence electrons. The van der Waals surface area contributed by atoms with E-state index in [1.54, 1.807) is 19.2 Å². The van der Waals surface area contributed by atoms with Crippen LogP contribution >= 0.6 is 0 Å². The van der Waals surface area contributed by atoms with Gasteiger partial charge in [-0.2, -0.15) is 0 Å². The first-order chi connectivity index (χ1) is 11.7. The van der Waals surface area contributed by atoms with Gasteiger partial charge in [-0.1, -0.05) is 42.5 Å². The first kappa shape index (κ1) is 18.9. The molecule has 0 spiro atoms. The minimum Gasteiger partial charge on any atom is -0.497 e. The SMILES string of the molecule is COc1ccc(-c2cccc(-c3ccc(OC(C)=O)cc3)c2)cc1.[W]. The normalized spacial score (nSPS) is 9.84. The van der Waals surface area contributed by atoms with E-state index in [2.05, 4.69) is 18.2 Å². The van der Waals surface area contributed by atoms with Crippen molar-refractivity contribution < 1.29 is 35.3 Å². The van der Waals surface area contributed by atoms with Crippen LogP contribution in [0.1, 0.15) is 6.92 Å². The third-order valence-corrected chi connectivity index (χ3v) is 3.74. The van der Waals surface area contributed by atoms with Gasteiger partial charge >= 0.3 is 5.97 Å². The van der Waals surface area contributed by atoms with Gasteiger partial charge in [-0.25, -0.2) is 0 Å². The summed E-state index contributed by atoms with van der Waals surface area (Å²) in [7, 11) is 1.66. The Morgan fingerprint density at radius 2 is 1.20 bits per heavy atom. The smallest absolute Gasteiger partial charge is 0.308 e. The van der Waals surface area contributed by atoms with Crippen LogP contribution in [0.5, 0.6) is 11.5 Å². The largest absolute Gasteiger partial charge is 0.497 e. The molecule has 0 aliphatic heterocycles. The number of methoxy groups -OCH3 is 1. The molecule has 0 radical (unpaired) electrons. The molecule has 0 saturated heterocycles. The van der Waals surface area contributed by atoms with Crippen molar-refractivity contribution in [3.63, 3.8) is 0 Å². The first-order valence-corrected chi connectivity index (χ1v) is 7.69. The van der Waals surface area contributed by atoms with Gasteiger partial charge in [-0.15, -0.1) is 0 Å². The molecule has 0 atom stereocenters. The molecular formula is C21H18O3W. The van der Waals surface area contributed by atoms with Gasteiger partial charge in [-0.05, 0) is 52.6 Å². The van der Waals surface area contributed by atoms with Gasteiger partial charge in [0.2, 0.25) is 0 Å². The summed E-state index contributed by atoms with van der Waals surface area (Å²) in [6, 6.07) is 23.8. The molecule has 0 heterocycles. The van der Waals surface area contributed by atoms with Crippen LogP contribution in [0, 0.1) is 0 Å². The molecule has 0 N–H and O–H groups in total. The van der Waals surface area contributed by atoms with Gasteiger partial charge in [-0.3, -0.25) is 4.79 Å². The van der Waals surface area contributed by atoms with E-state index in [0.29, 0.717) is 5.75 Å². The number of hydrogen-bond acceptors (Lipinski definition) is 3. The van der Waals surface area contributed by atoms with E-state index in [9.17, 15) is 4.79 Å². The van der Waals surface area contributed by atoms with Crippen LogP contribution in [0.25, 0.3) is 22.3 Å². The quantitative estimate of drug-likeness (QED) is 0.374. The zero-order valence-corrected chi connectivity index (χ0v) is 17.0. The fourth-order valence-corrected chi connectivity index (χ4v) is 2.54. The molecule has 0 aromatic heterocycles. The van der Waals surface area contributed by atoms with Crippen LogP contribution in [0.3, 0.4) is 0 Å². The first-order valence-electron chi connectivity index (χ1n) is 7.69. The monoisotopic (exact) mass is 502 g/mol. The van der Waals surface area contributed by atoms with Crippen molar-refractivity contribution in [1.29, 1.82) is 0 Å². The molecule has 0 bridgehead atoms. The molecule has 0 unspecified atom stereocenters. The van der Waals surface area contributed by atoms with Crippen molar-refractivity contribution in [3.05, 3.63) is 72.8 Å². The molecule has 0 aliphatic carbocycles. The number of esters is 1. The molecule has 0 amide bonds. The van der Waals surface area contributed by atoms with Crippen molar-refractivity contribution >= 4 is 5.97 Å². The minimum absolute atomic E-state index is 0. The second kappa shape index (κ2) is 8.64. The van der Waals surface area contributed by atoms with Crippen molar-refractivity contribution in [2.45, 2.75) is 6.92 Å². The zero-order valence-electron chi connectivity index (χ0n) is 14.1. The van der Waals surface area contributed by atoms with Gasteiger partial charge in [0, 0.05) is 28.0 Å². The molecule has 3 aromatic carbocycles. The summed E-state index contributed by atoms with van der Waals surface area (Å²) >= 11 is 0. The van der Waals surface area contributed by atoms with Gasteiger partial charge in [0.15, 0.2) is 0 Å². The van der Waals surface area contributed by atoms with E-state index in [1.165, 1.54) is 6.92 Å². The van der Waals surface area contributed by atoms with Crippen LogP contribution in [0.2, 0.25) is 0 Å². The van der Waals surface area contributed by atoms with Crippen LogP contribution in [0.4, 0.5) is 0 Å². The average molecular weight is 502 g/mol. The van der Waals surface area contributed by atoms with Crippen LogP contribution in [-0.4, -0.2) is 13.1 Å². The van der Waals surface area contributed by atoms with Crippen molar-refractivity contribution in [2.75, 3.05) is 7.11 Å². The van der Waals surface area contributed by atoms with Gasteiger partial charge in [0.25, 0.3) is 0 Å². The van der Waals surface area contributed by atoms with Crippen molar-refractivity contribution in [1.82, 2.24) is 0 Å². The Bertz CT molecular complexity index is 840. The summed E-state index contributed by atoms with van der Waals surface area (Å²) in [6.45, 7) is 1.40. The third kappa shape index (κ3) is 4.80. The topological polar surface area (TPSA) is 35.5 Å². The predicted molar refractivity (Wildman–Crippen MR) is 95.2 cm³/mol. The summed E-state index contributed by atoms with van der Waals surface area (Å²) in [5.41, 5.74) is 4.45.